The molecule has 0 bridgehead atoms. The maximum Gasteiger partial charge on any atom is 0.101 e. The van der Waals surface area contributed by atoms with Crippen molar-refractivity contribution < 1.29 is 14.6 Å². The Labute approximate surface area is 119 Å². The minimum absolute atomic E-state index is 0.387. The van der Waals surface area contributed by atoms with Crippen molar-refractivity contribution >= 4 is 0 Å². The van der Waals surface area contributed by atoms with Gasteiger partial charge in [0.2, 0.25) is 0 Å². The van der Waals surface area contributed by atoms with Gasteiger partial charge in [-0.1, -0.05) is 47.0 Å². The van der Waals surface area contributed by atoms with E-state index in [-0.39, 0.29) is 0 Å². The molecule has 0 aromatic heterocycles. The molecule has 0 spiro atoms. The van der Waals surface area contributed by atoms with Crippen molar-refractivity contribution in [3.63, 3.8) is 0 Å². The molecule has 3 heteroatoms. The van der Waals surface area contributed by atoms with Crippen LogP contribution in [0.1, 0.15) is 59.8 Å². The van der Waals surface area contributed by atoms with Crippen LogP contribution in [0.2, 0.25) is 0 Å². The minimum Gasteiger partial charge on any atom is -0.388 e. The van der Waals surface area contributed by atoms with Gasteiger partial charge in [0.25, 0.3) is 0 Å². The molecule has 0 heterocycles. The van der Waals surface area contributed by atoms with Gasteiger partial charge < -0.3 is 14.6 Å². The van der Waals surface area contributed by atoms with Crippen LogP contribution in [-0.2, 0) is 9.47 Å². The highest BCUT2D eigenvalue weighted by molar-refractivity contribution is 4.58. The Bertz CT molecular complexity index is 183. The summed E-state index contributed by atoms with van der Waals surface area (Å²) in [7, 11) is 0. The van der Waals surface area contributed by atoms with Gasteiger partial charge in [-0.2, -0.15) is 0 Å². The molecule has 1 N–H and O–H groups in total. The predicted molar refractivity (Wildman–Crippen MR) is 80.4 cm³/mol. The second-order valence-corrected chi connectivity index (χ2v) is 5.87. The number of aliphatic hydroxyl groups excluding tert-OH is 1. The SMILES string of the molecule is CCCCC(CC)COCC(O)COCCC(C)C. The van der Waals surface area contributed by atoms with Gasteiger partial charge in [-0.05, 0) is 24.7 Å². The summed E-state index contributed by atoms with van der Waals surface area (Å²) in [5.74, 6) is 1.28. The monoisotopic (exact) mass is 274 g/mol. The third kappa shape index (κ3) is 12.6. The zero-order valence-corrected chi connectivity index (χ0v) is 13.4. The summed E-state index contributed by atoms with van der Waals surface area (Å²) < 4.78 is 11.0. The third-order valence-corrected chi connectivity index (χ3v) is 3.36. The first kappa shape index (κ1) is 18.9. The Balaban J connectivity index is 3.47. The van der Waals surface area contributed by atoms with Crippen LogP contribution in [0, 0.1) is 11.8 Å². The lowest BCUT2D eigenvalue weighted by Gasteiger charge is -2.17. The number of hydrogen-bond acceptors (Lipinski definition) is 3. The standard InChI is InChI=1S/C16H34O3/c1-5-7-8-15(6-2)11-19-13-16(17)12-18-10-9-14(3)4/h14-17H,5-13H2,1-4H3. The van der Waals surface area contributed by atoms with Gasteiger partial charge in [0.1, 0.15) is 6.10 Å². The van der Waals surface area contributed by atoms with Crippen LogP contribution in [0.25, 0.3) is 0 Å². The smallest absolute Gasteiger partial charge is 0.101 e. The first-order valence-electron chi connectivity index (χ1n) is 7.93. The Morgan fingerprint density at radius 3 is 2.21 bits per heavy atom. The molecule has 0 aliphatic carbocycles. The molecule has 0 aliphatic heterocycles. The fourth-order valence-corrected chi connectivity index (χ4v) is 1.86. The molecule has 0 saturated carbocycles. The highest BCUT2D eigenvalue weighted by Gasteiger charge is 2.09. The summed E-state index contributed by atoms with van der Waals surface area (Å²) in [6.07, 6.45) is 5.44. The van der Waals surface area contributed by atoms with Gasteiger partial charge in [-0.25, -0.2) is 0 Å². The molecule has 116 valence electrons. The van der Waals surface area contributed by atoms with E-state index in [9.17, 15) is 5.11 Å². The van der Waals surface area contributed by atoms with E-state index < -0.39 is 6.10 Å². The Morgan fingerprint density at radius 2 is 1.63 bits per heavy atom. The van der Waals surface area contributed by atoms with E-state index in [1.807, 2.05) is 0 Å². The van der Waals surface area contributed by atoms with E-state index in [0.717, 1.165) is 26.1 Å². The zero-order valence-electron chi connectivity index (χ0n) is 13.4. The maximum atomic E-state index is 9.73. The summed E-state index contributed by atoms with van der Waals surface area (Å²) in [5.41, 5.74) is 0. The summed E-state index contributed by atoms with van der Waals surface area (Å²) in [4.78, 5) is 0. The second kappa shape index (κ2) is 12.9. The number of rotatable bonds is 13. The second-order valence-electron chi connectivity index (χ2n) is 5.87. The Morgan fingerprint density at radius 1 is 0.947 bits per heavy atom. The van der Waals surface area contributed by atoms with Crippen molar-refractivity contribution in [3.8, 4) is 0 Å². The minimum atomic E-state index is -0.490. The molecule has 0 rings (SSSR count). The van der Waals surface area contributed by atoms with Crippen molar-refractivity contribution in [2.75, 3.05) is 26.4 Å². The van der Waals surface area contributed by atoms with Crippen LogP contribution in [0.15, 0.2) is 0 Å². The van der Waals surface area contributed by atoms with Crippen LogP contribution >= 0.6 is 0 Å². The first-order chi connectivity index (χ1) is 9.10. The van der Waals surface area contributed by atoms with E-state index >= 15 is 0 Å². The average molecular weight is 274 g/mol. The Kier molecular flexibility index (Phi) is 12.8. The van der Waals surface area contributed by atoms with Crippen molar-refractivity contribution in [2.45, 2.75) is 65.9 Å². The van der Waals surface area contributed by atoms with Crippen LogP contribution < -0.4 is 0 Å². The molecule has 0 amide bonds. The fourth-order valence-electron chi connectivity index (χ4n) is 1.86. The molecule has 0 aromatic rings. The van der Waals surface area contributed by atoms with Crippen LogP contribution in [0.3, 0.4) is 0 Å². The molecule has 2 atom stereocenters. The summed E-state index contributed by atoms with van der Waals surface area (Å²) in [5, 5.41) is 9.73. The number of aliphatic hydroxyl groups is 1. The van der Waals surface area contributed by atoms with E-state index in [1.165, 1.54) is 19.3 Å². The molecular weight excluding hydrogens is 240 g/mol. The van der Waals surface area contributed by atoms with Crippen molar-refractivity contribution in [1.29, 1.82) is 0 Å². The van der Waals surface area contributed by atoms with Gasteiger partial charge in [0, 0.05) is 13.2 Å². The summed E-state index contributed by atoms with van der Waals surface area (Å²) >= 11 is 0. The van der Waals surface area contributed by atoms with Crippen molar-refractivity contribution in [3.05, 3.63) is 0 Å². The molecule has 0 saturated heterocycles. The topological polar surface area (TPSA) is 38.7 Å². The van der Waals surface area contributed by atoms with Crippen LogP contribution in [0.5, 0.6) is 0 Å². The highest BCUT2D eigenvalue weighted by atomic mass is 16.5. The average Bonchev–Trinajstić information content (AvgIpc) is 2.38. The highest BCUT2D eigenvalue weighted by Crippen LogP contribution is 2.12. The largest absolute Gasteiger partial charge is 0.388 e. The molecule has 19 heavy (non-hydrogen) atoms. The number of ether oxygens (including phenoxy) is 2. The van der Waals surface area contributed by atoms with Gasteiger partial charge in [-0.3, -0.25) is 0 Å². The first-order valence-corrected chi connectivity index (χ1v) is 7.93. The van der Waals surface area contributed by atoms with Gasteiger partial charge in [0.05, 0.1) is 13.2 Å². The lowest BCUT2D eigenvalue weighted by molar-refractivity contribution is -0.0285. The quantitative estimate of drug-likeness (QED) is 0.521. The van der Waals surface area contributed by atoms with E-state index in [1.54, 1.807) is 0 Å². The lowest BCUT2D eigenvalue weighted by atomic mass is 10.0. The fraction of sp³-hybridized carbons (Fsp3) is 1.00. The number of unbranched alkanes of at least 4 members (excludes halogenated alkanes) is 1. The molecule has 0 fully saturated rings. The molecule has 0 aromatic carbocycles. The van der Waals surface area contributed by atoms with E-state index in [0.29, 0.717) is 25.0 Å². The summed E-state index contributed by atoms with van der Waals surface area (Å²) in [6, 6.07) is 0. The molecular formula is C16H34O3. The van der Waals surface area contributed by atoms with Crippen LogP contribution in [0.4, 0.5) is 0 Å². The molecule has 3 nitrogen and oxygen atoms in total. The van der Waals surface area contributed by atoms with Crippen molar-refractivity contribution in [1.82, 2.24) is 0 Å². The van der Waals surface area contributed by atoms with Gasteiger partial charge >= 0.3 is 0 Å². The van der Waals surface area contributed by atoms with E-state index in [4.69, 9.17) is 9.47 Å². The van der Waals surface area contributed by atoms with Crippen molar-refractivity contribution in [2.24, 2.45) is 11.8 Å². The predicted octanol–water partition coefficient (Wildman–Crippen LogP) is 3.64. The Hall–Kier alpha value is -0.120. The maximum absolute atomic E-state index is 9.73. The molecule has 0 aliphatic rings. The lowest BCUT2D eigenvalue weighted by Crippen LogP contribution is -2.24. The summed E-state index contributed by atoms with van der Waals surface area (Å²) in [6.45, 7) is 11.0. The third-order valence-electron chi connectivity index (χ3n) is 3.36. The molecule has 0 radical (unpaired) electrons. The number of hydrogen-bond donors (Lipinski definition) is 1. The van der Waals surface area contributed by atoms with Crippen LogP contribution in [-0.4, -0.2) is 37.6 Å². The molecule has 2 unspecified atom stereocenters. The van der Waals surface area contributed by atoms with Gasteiger partial charge in [-0.15, -0.1) is 0 Å². The van der Waals surface area contributed by atoms with Gasteiger partial charge in [0.15, 0.2) is 0 Å². The van der Waals surface area contributed by atoms with E-state index in [2.05, 4.69) is 27.7 Å². The normalized spacial score (nSPS) is 14.8. The zero-order chi connectivity index (χ0) is 14.5.